The van der Waals surface area contributed by atoms with Crippen molar-refractivity contribution in [2.45, 2.75) is 20.3 Å². The zero-order valence-electron chi connectivity index (χ0n) is 11.5. The van der Waals surface area contributed by atoms with Crippen molar-refractivity contribution in [2.75, 3.05) is 10.6 Å². The Bertz CT molecular complexity index is 626. The van der Waals surface area contributed by atoms with E-state index in [1.54, 1.807) is 0 Å². The van der Waals surface area contributed by atoms with Gasteiger partial charge >= 0.3 is 0 Å². The first-order valence-corrected chi connectivity index (χ1v) is 7.71. The standard InChI is InChI=1S/C16H17BrN2S/c1-3-12-5-4-6-13(10-12)18-16(20)19-15-8-7-11(2)9-14(15)17/h4-10H,3H2,1-2H3,(H2,18,19,20). The normalized spacial score (nSPS) is 10.2. The van der Waals surface area contributed by atoms with E-state index in [0.717, 1.165) is 22.3 Å². The van der Waals surface area contributed by atoms with Gasteiger partial charge in [-0.15, -0.1) is 0 Å². The molecule has 0 amide bonds. The van der Waals surface area contributed by atoms with Crippen LogP contribution in [0.2, 0.25) is 0 Å². The van der Waals surface area contributed by atoms with E-state index in [1.165, 1.54) is 11.1 Å². The van der Waals surface area contributed by atoms with Crippen LogP contribution in [0.15, 0.2) is 46.9 Å². The molecule has 0 fully saturated rings. The first kappa shape index (κ1) is 15.0. The lowest BCUT2D eigenvalue weighted by Gasteiger charge is -2.13. The van der Waals surface area contributed by atoms with Crippen molar-refractivity contribution in [3.63, 3.8) is 0 Å². The molecule has 2 aromatic rings. The Balaban J connectivity index is 2.05. The second kappa shape index (κ2) is 6.86. The SMILES string of the molecule is CCc1cccc(NC(=S)Nc2ccc(C)cc2Br)c1. The van der Waals surface area contributed by atoms with E-state index in [1.807, 2.05) is 24.3 Å². The van der Waals surface area contributed by atoms with Crippen LogP contribution in [0.25, 0.3) is 0 Å². The molecule has 2 nitrogen and oxygen atoms in total. The van der Waals surface area contributed by atoms with Crippen LogP contribution in [0.5, 0.6) is 0 Å². The fourth-order valence-electron chi connectivity index (χ4n) is 1.88. The van der Waals surface area contributed by atoms with Crippen LogP contribution in [-0.2, 0) is 6.42 Å². The smallest absolute Gasteiger partial charge is 0.175 e. The van der Waals surface area contributed by atoms with Gasteiger partial charge in [0.2, 0.25) is 0 Å². The molecule has 0 heterocycles. The molecule has 0 spiro atoms. The van der Waals surface area contributed by atoms with Crippen molar-refractivity contribution in [1.29, 1.82) is 0 Å². The second-order valence-electron chi connectivity index (χ2n) is 4.62. The van der Waals surface area contributed by atoms with Crippen molar-refractivity contribution < 1.29 is 0 Å². The van der Waals surface area contributed by atoms with E-state index >= 15 is 0 Å². The van der Waals surface area contributed by atoms with E-state index in [-0.39, 0.29) is 0 Å². The number of hydrogen-bond acceptors (Lipinski definition) is 1. The molecule has 0 saturated heterocycles. The van der Waals surface area contributed by atoms with E-state index in [9.17, 15) is 0 Å². The van der Waals surface area contributed by atoms with Gasteiger partial charge in [0.25, 0.3) is 0 Å². The summed E-state index contributed by atoms with van der Waals surface area (Å²) < 4.78 is 1.00. The van der Waals surface area contributed by atoms with Gasteiger partial charge < -0.3 is 10.6 Å². The summed E-state index contributed by atoms with van der Waals surface area (Å²) in [7, 11) is 0. The molecular formula is C16H17BrN2S. The number of hydrogen-bond donors (Lipinski definition) is 2. The number of thiocarbonyl (C=S) groups is 1. The molecule has 0 aliphatic carbocycles. The summed E-state index contributed by atoms with van der Waals surface area (Å²) in [5, 5.41) is 6.99. The third kappa shape index (κ3) is 4.05. The lowest BCUT2D eigenvalue weighted by molar-refractivity contribution is 1.14. The number of rotatable bonds is 3. The van der Waals surface area contributed by atoms with Gasteiger partial charge in [-0.25, -0.2) is 0 Å². The number of nitrogens with one attached hydrogen (secondary N) is 2. The Labute approximate surface area is 133 Å². The lowest BCUT2D eigenvalue weighted by Crippen LogP contribution is -2.19. The van der Waals surface area contributed by atoms with E-state index < -0.39 is 0 Å². The molecule has 0 bridgehead atoms. The van der Waals surface area contributed by atoms with Crippen LogP contribution >= 0.6 is 28.1 Å². The Kier molecular flexibility index (Phi) is 5.15. The van der Waals surface area contributed by atoms with Crippen LogP contribution in [-0.4, -0.2) is 5.11 Å². The highest BCUT2D eigenvalue weighted by molar-refractivity contribution is 9.10. The topological polar surface area (TPSA) is 24.1 Å². The summed E-state index contributed by atoms with van der Waals surface area (Å²) in [4.78, 5) is 0. The maximum Gasteiger partial charge on any atom is 0.175 e. The highest BCUT2D eigenvalue weighted by Crippen LogP contribution is 2.23. The van der Waals surface area contributed by atoms with Crippen LogP contribution in [0.1, 0.15) is 18.1 Å². The Morgan fingerprint density at radius 1 is 1.15 bits per heavy atom. The van der Waals surface area contributed by atoms with Crippen LogP contribution < -0.4 is 10.6 Å². The quantitative estimate of drug-likeness (QED) is 0.752. The largest absolute Gasteiger partial charge is 0.332 e. The summed E-state index contributed by atoms with van der Waals surface area (Å²) in [6, 6.07) is 14.4. The molecule has 2 rings (SSSR count). The molecule has 0 saturated carbocycles. The summed E-state index contributed by atoms with van der Waals surface area (Å²) in [5.41, 5.74) is 4.45. The van der Waals surface area contributed by atoms with Gasteiger partial charge in [-0.1, -0.05) is 25.1 Å². The summed E-state index contributed by atoms with van der Waals surface area (Å²) in [6.07, 6.45) is 1.01. The van der Waals surface area contributed by atoms with E-state index in [0.29, 0.717) is 5.11 Å². The molecule has 0 unspecified atom stereocenters. The van der Waals surface area contributed by atoms with Crippen molar-refractivity contribution in [1.82, 2.24) is 0 Å². The van der Waals surface area contributed by atoms with Gasteiger partial charge in [0.05, 0.1) is 5.69 Å². The number of benzene rings is 2. The zero-order valence-corrected chi connectivity index (χ0v) is 13.9. The first-order chi connectivity index (χ1) is 9.58. The minimum absolute atomic E-state index is 0.586. The maximum atomic E-state index is 5.35. The number of anilines is 2. The van der Waals surface area contributed by atoms with Crippen molar-refractivity contribution in [3.8, 4) is 0 Å². The Morgan fingerprint density at radius 2 is 1.95 bits per heavy atom. The van der Waals surface area contributed by atoms with Gasteiger partial charge in [0.1, 0.15) is 0 Å². The third-order valence-corrected chi connectivity index (χ3v) is 3.83. The molecule has 0 aromatic heterocycles. The third-order valence-electron chi connectivity index (χ3n) is 2.97. The summed E-state index contributed by atoms with van der Waals surface area (Å²) >= 11 is 8.88. The second-order valence-corrected chi connectivity index (χ2v) is 5.88. The number of halogens is 1. The average Bonchev–Trinajstić information content (AvgIpc) is 2.42. The predicted molar refractivity (Wildman–Crippen MR) is 94.5 cm³/mol. The van der Waals surface area contributed by atoms with Crippen LogP contribution in [0, 0.1) is 6.92 Å². The zero-order chi connectivity index (χ0) is 14.5. The highest BCUT2D eigenvalue weighted by Gasteiger charge is 2.03. The van der Waals surface area contributed by atoms with Crippen LogP contribution in [0.3, 0.4) is 0 Å². The molecule has 4 heteroatoms. The maximum absolute atomic E-state index is 5.35. The Morgan fingerprint density at radius 3 is 2.65 bits per heavy atom. The molecule has 0 aliphatic rings. The molecule has 2 aromatic carbocycles. The molecular weight excluding hydrogens is 332 g/mol. The molecule has 104 valence electrons. The number of aryl methyl sites for hydroxylation is 2. The molecule has 0 atom stereocenters. The Hall–Kier alpha value is -1.39. The fraction of sp³-hybridized carbons (Fsp3) is 0.188. The first-order valence-electron chi connectivity index (χ1n) is 6.51. The molecule has 20 heavy (non-hydrogen) atoms. The van der Waals surface area contributed by atoms with Gasteiger partial charge in [-0.05, 0) is 76.9 Å². The highest BCUT2D eigenvalue weighted by atomic mass is 79.9. The minimum Gasteiger partial charge on any atom is -0.332 e. The average molecular weight is 349 g/mol. The fourth-order valence-corrected chi connectivity index (χ4v) is 2.70. The van der Waals surface area contributed by atoms with E-state index in [4.69, 9.17) is 12.2 Å². The van der Waals surface area contributed by atoms with Gasteiger partial charge in [-0.2, -0.15) is 0 Å². The molecule has 2 N–H and O–H groups in total. The van der Waals surface area contributed by atoms with Crippen LogP contribution in [0.4, 0.5) is 11.4 Å². The van der Waals surface area contributed by atoms with Crippen molar-refractivity contribution in [3.05, 3.63) is 58.1 Å². The summed E-state index contributed by atoms with van der Waals surface area (Å²) in [5.74, 6) is 0. The van der Waals surface area contributed by atoms with Gasteiger partial charge in [-0.3, -0.25) is 0 Å². The molecule has 0 radical (unpaired) electrons. The predicted octanol–water partition coefficient (Wildman–Crippen LogP) is 5.13. The minimum atomic E-state index is 0.586. The van der Waals surface area contributed by atoms with Crippen molar-refractivity contribution in [2.24, 2.45) is 0 Å². The lowest BCUT2D eigenvalue weighted by atomic mass is 10.1. The van der Waals surface area contributed by atoms with Crippen molar-refractivity contribution >= 4 is 44.6 Å². The van der Waals surface area contributed by atoms with Gasteiger partial charge in [0.15, 0.2) is 5.11 Å². The monoisotopic (exact) mass is 348 g/mol. The van der Waals surface area contributed by atoms with E-state index in [2.05, 4.69) is 58.6 Å². The van der Waals surface area contributed by atoms with Gasteiger partial charge in [0, 0.05) is 10.2 Å². The summed E-state index contributed by atoms with van der Waals surface area (Å²) in [6.45, 7) is 4.19. The molecule has 0 aliphatic heterocycles.